The monoisotopic (exact) mass is 238 g/mol. The molecule has 0 aromatic carbocycles. The van der Waals surface area contributed by atoms with E-state index in [4.69, 9.17) is 0 Å². The molecule has 3 nitrogen and oxygen atoms in total. The molecule has 0 saturated heterocycles. The molecule has 17 heavy (non-hydrogen) atoms. The fourth-order valence-corrected chi connectivity index (χ4v) is 3.48. The van der Waals surface area contributed by atoms with E-state index in [1.165, 1.54) is 32.1 Å². The first kappa shape index (κ1) is 12.9. The molecule has 1 amide bonds. The van der Waals surface area contributed by atoms with Crippen LogP contribution in [0.1, 0.15) is 44.9 Å². The minimum Gasteiger partial charge on any atom is -0.345 e. The molecule has 1 N–H and O–H groups in total. The van der Waals surface area contributed by atoms with Gasteiger partial charge in [-0.15, -0.1) is 0 Å². The second-order valence-corrected chi connectivity index (χ2v) is 6.00. The van der Waals surface area contributed by atoms with Crippen LogP contribution in [0.2, 0.25) is 0 Å². The van der Waals surface area contributed by atoms with Crippen LogP contribution >= 0.6 is 0 Å². The number of carbonyl (C=O) groups is 1. The Hall–Kier alpha value is -0.570. The maximum absolute atomic E-state index is 12.5. The molecule has 0 aromatic rings. The predicted octanol–water partition coefficient (Wildman–Crippen LogP) is 2.02. The summed E-state index contributed by atoms with van der Waals surface area (Å²) >= 11 is 0. The highest BCUT2D eigenvalue weighted by Gasteiger charge is 2.45. The number of nitrogens with one attached hydrogen (secondary N) is 1. The lowest BCUT2D eigenvalue weighted by molar-refractivity contribution is -0.146. The zero-order valence-corrected chi connectivity index (χ0v) is 11.3. The maximum atomic E-state index is 12.5. The standard InChI is InChI=1S/C14H26N2O/c1-15-11-14(8-5-9-14)13(17)16(2)10-12-6-3-4-7-12/h12,15H,3-11H2,1-2H3. The van der Waals surface area contributed by atoms with Gasteiger partial charge in [0.05, 0.1) is 5.41 Å². The Balaban J connectivity index is 1.88. The Kier molecular flexibility index (Phi) is 4.08. The molecule has 0 unspecified atom stereocenters. The highest BCUT2D eigenvalue weighted by atomic mass is 16.2. The Bertz CT molecular complexity index is 267. The Labute approximate surface area is 105 Å². The first-order valence-electron chi connectivity index (χ1n) is 7.08. The zero-order chi connectivity index (χ0) is 12.3. The van der Waals surface area contributed by atoms with Gasteiger partial charge >= 0.3 is 0 Å². The van der Waals surface area contributed by atoms with Gasteiger partial charge in [-0.05, 0) is 38.6 Å². The van der Waals surface area contributed by atoms with Gasteiger partial charge in [0, 0.05) is 20.1 Å². The van der Waals surface area contributed by atoms with Crippen LogP contribution in [0.3, 0.4) is 0 Å². The van der Waals surface area contributed by atoms with Crippen molar-refractivity contribution in [1.29, 1.82) is 0 Å². The van der Waals surface area contributed by atoms with E-state index < -0.39 is 0 Å². The van der Waals surface area contributed by atoms with Crippen LogP contribution in [0.5, 0.6) is 0 Å². The van der Waals surface area contributed by atoms with Gasteiger partial charge in [0.25, 0.3) is 0 Å². The summed E-state index contributed by atoms with van der Waals surface area (Å²) in [7, 11) is 3.95. The fraction of sp³-hybridized carbons (Fsp3) is 0.929. The van der Waals surface area contributed by atoms with E-state index in [0.29, 0.717) is 5.91 Å². The molecule has 0 bridgehead atoms. The lowest BCUT2D eigenvalue weighted by Crippen LogP contribution is -2.52. The average Bonchev–Trinajstić information content (AvgIpc) is 2.75. The van der Waals surface area contributed by atoms with E-state index >= 15 is 0 Å². The van der Waals surface area contributed by atoms with E-state index in [9.17, 15) is 4.79 Å². The normalized spacial score (nSPS) is 23.4. The number of hydrogen-bond donors (Lipinski definition) is 1. The Morgan fingerprint density at radius 2 is 1.94 bits per heavy atom. The van der Waals surface area contributed by atoms with E-state index in [1.54, 1.807) is 0 Å². The SMILES string of the molecule is CNCC1(C(=O)N(C)CC2CCCC2)CCC1. The third-order valence-corrected chi connectivity index (χ3v) is 4.63. The summed E-state index contributed by atoms with van der Waals surface area (Å²) in [6, 6.07) is 0. The van der Waals surface area contributed by atoms with Gasteiger partial charge in [-0.3, -0.25) is 4.79 Å². The van der Waals surface area contributed by atoms with Crippen LogP contribution in [-0.4, -0.2) is 38.0 Å². The third kappa shape index (κ3) is 2.65. The van der Waals surface area contributed by atoms with Crippen LogP contribution in [0.25, 0.3) is 0 Å². The van der Waals surface area contributed by atoms with Crippen molar-refractivity contribution < 1.29 is 4.79 Å². The molecular formula is C14H26N2O. The minimum atomic E-state index is -0.0674. The van der Waals surface area contributed by atoms with Gasteiger partial charge in [0.15, 0.2) is 0 Å². The van der Waals surface area contributed by atoms with E-state index in [0.717, 1.165) is 31.8 Å². The summed E-state index contributed by atoms with van der Waals surface area (Å²) in [5.41, 5.74) is -0.0674. The lowest BCUT2D eigenvalue weighted by Gasteiger charge is -2.43. The number of hydrogen-bond acceptors (Lipinski definition) is 2. The molecule has 2 rings (SSSR count). The second-order valence-electron chi connectivity index (χ2n) is 6.00. The second kappa shape index (κ2) is 5.38. The van der Waals surface area contributed by atoms with Gasteiger partial charge < -0.3 is 10.2 Å². The predicted molar refractivity (Wildman–Crippen MR) is 69.8 cm³/mol. The molecule has 2 saturated carbocycles. The molecule has 0 spiro atoms. The molecule has 0 aliphatic heterocycles. The summed E-state index contributed by atoms with van der Waals surface area (Å²) < 4.78 is 0. The van der Waals surface area contributed by atoms with Crippen LogP contribution in [0.15, 0.2) is 0 Å². The van der Waals surface area contributed by atoms with E-state index in [2.05, 4.69) is 5.32 Å². The molecule has 2 fully saturated rings. The molecule has 2 aliphatic carbocycles. The molecular weight excluding hydrogens is 212 g/mol. The Morgan fingerprint density at radius 3 is 2.41 bits per heavy atom. The topological polar surface area (TPSA) is 32.3 Å². The highest BCUT2D eigenvalue weighted by molar-refractivity contribution is 5.83. The van der Waals surface area contributed by atoms with Crippen molar-refractivity contribution in [1.82, 2.24) is 10.2 Å². The molecule has 2 aliphatic rings. The van der Waals surface area contributed by atoms with Crippen LogP contribution in [-0.2, 0) is 4.79 Å². The highest BCUT2D eigenvalue weighted by Crippen LogP contribution is 2.42. The summed E-state index contributed by atoms with van der Waals surface area (Å²) in [4.78, 5) is 14.5. The smallest absolute Gasteiger partial charge is 0.229 e. The number of amides is 1. The summed E-state index contributed by atoms with van der Waals surface area (Å²) in [5.74, 6) is 1.14. The van der Waals surface area contributed by atoms with Crippen molar-refractivity contribution in [2.45, 2.75) is 44.9 Å². The maximum Gasteiger partial charge on any atom is 0.229 e. The molecule has 0 radical (unpaired) electrons. The summed E-state index contributed by atoms with van der Waals surface area (Å²) in [6.07, 6.45) is 8.70. The quantitative estimate of drug-likeness (QED) is 0.795. The third-order valence-electron chi connectivity index (χ3n) is 4.63. The van der Waals surface area contributed by atoms with Crippen molar-refractivity contribution >= 4 is 5.91 Å². The van der Waals surface area contributed by atoms with Crippen LogP contribution in [0.4, 0.5) is 0 Å². The first-order valence-corrected chi connectivity index (χ1v) is 7.08. The van der Waals surface area contributed by atoms with Crippen molar-refractivity contribution in [3.8, 4) is 0 Å². The van der Waals surface area contributed by atoms with Crippen molar-refractivity contribution in [2.24, 2.45) is 11.3 Å². The van der Waals surface area contributed by atoms with E-state index in [1.807, 2.05) is 19.0 Å². The first-order chi connectivity index (χ1) is 8.18. The average molecular weight is 238 g/mol. The van der Waals surface area contributed by atoms with Crippen molar-refractivity contribution in [2.75, 3.05) is 27.2 Å². The zero-order valence-electron chi connectivity index (χ0n) is 11.3. The molecule has 0 atom stereocenters. The van der Waals surface area contributed by atoms with Gasteiger partial charge in [-0.1, -0.05) is 19.3 Å². The van der Waals surface area contributed by atoms with Crippen LogP contribution in [0, 0.1) is 11.3 Å². The number of carbonyl (C=O) groups excluding carboxylic acids is 1. The lowest BCUT2D eigenvalue weighted by atomic mass is 9.67. The van der Waals surface area contributed by atoms with Crippen molar-refractivity contribution in [3.05, 3.63) is 0 Å². The molecule has 0 heterocycles. The summed E-state index contributed by atoms with van der Waals surface area (Å²) in [5, 5.41) is 3.19. The summed E-state index contributed by atoms with van der Waals surface area (Å²) in [6.45, 7) is 1.82. The molecule has 98 valence electrons. The van der Waals surface area contributed by atoms with Gasteiger partial charge in [-0.25, -0.2) is 0 Å². The minimum absolute atomic E-state index is 0.0674. The largest absolute Gasteiger partial charge is 0.345 e. The number of nitrogens with zero attached hydrogens (tertiary/aromatic N) is 1. The van der Waals surface area contributed by atoms with Gasteiger partial charge in [-0.2, -0.15) is 0 Å². The van der Waals surface area contributed by atoms with Crippen LogP contribution < -0.4 is 5.32 Å². The molecule has 3 heteroatoms. The van der Waals surface area contributed by atoms with Crippen molar-refractivity contribution in [3.63, 3.8) is 0 Å². The Morgan fingerprint density at radius 1 is 1.29 bits per heavy atom. The van der Waals surface area contributed by atoms with Gasteiger partial charge in [0.1, 0.15) is 0 Å². The fourth-order valence-electron chi connectivity index (χ4n) is 3.48. The van der Waals surface area contributed by atoms with Gasteiger partial charge in [0.2, 0.25) is 5.91 Å². The molecule has 0 aromatic heterocycles. The number of rotatable bonds is 5. The van der Waals surface area contributed by atoms with E-state index in [-0.39, 0.29) is 5.41 Å².